The molecule has 0 aliphatic carbocycles. The van der Waals surface area contributed by atoms with Crippen molar-refractivity contribution in [1.82, 2.24) is 0 Å². The van der Waals surface area contributed by atoms with Gasteiger partial charge < -0.3 is 5.73 Å². The van der Waals surface area contributed by atoms with Gasteiger partial charge in [0.1, 0.15) is 0 Å². The van der Waals surface area contributed by atoms with Crippen LogP contribution in [-0.2, 0) is 0 Å². The van der Waals surface area contributed by atoms with Crippen LogP contribution in [0.25, 0.3) is 0 Å². The molecule has 0 rings (SSSR count). The Morgan fingerprint density at radius 3 is 2.11 bits per heavy atom. The lowest BCUT2D eigenvalue weighted by atomic mass is 10.2. The van der Waals surface area contributed by atoms with Crippen LogP contribution in [0.2, 0.25) is 0 Å². The Hall–Kier alpha value is -1.24. The van der Waals surface area contributed by atoms with Crippen LogP contribution in [-0.4, -0.2) is 0 Å². The summed E-state index contributed by atoms with van der Waals surface area (Å²) in [6.07, 6.45) is 4.91. The maximum absolute atomic E-state index is 5.38. The number of rotatable bonds is 3. The van der Waals surface area contributed by atoms with Gasteiger partial charge in [-0.15, -0.1) is 0 Å². The van der Waals surface area contributed by atoms with E-state index in [0.717, 1.165) is 5.57 Å². The molecule has 0 saturated carbocycles. The predicted molar refractivity (Wildman–Crippen MR) is 41.8 cm³/mol. The molecule has 0 radical (unpaired) electrons. The van der Waals surface area contributed by atoms with E-state index < -0.39 is 0 Å². The third-order valence-electron chi connectivity index (χ3n) is 0.850. The Morgan fingerprint density at radius 1 is 1.22 bits per heavy atom. The molecule has 0 aromatic rings. The highest BCUT2D eigenvalue weighted by molar-refractivity contribution is 5.31. The topological polar surface area (TPSA) is 26.0 Å². The van der Waals surface area contributed by atoms with Crippen molar-refractivity contribution in [1.29, 1.82) is 0 Å². The van der Waals surface area contributed by atoms with Crippen LogP contribution in [0.1, 0.15) is 0 Å². The van der Waals surface area contributed by atoms with Gasteiger partial charge in [0.05, 0.1) is 0 Å². The van der Waals surface area contributed by atoms with Gasteiger partial charge in [0, 0.05) is 5.70 Å². The van der Waals surface area contributed by atoms with Crippen molar-refractivity contribution in [3.63, 3.8) is 0 Å². The van der Waals surface area contributed by atoms with Gasteiger partial charge >= 0.3 is 0 Å². The number of hydrogen-bond donors (Lipinski definition) is 1. The Labute approximate surface area is 55.9 Å². The molecule has 0 aromatic carbocycles. The summed E-state index contributed by atoms with van der Waals surface area (Å²) in [7, 11) is 0. The van der Waals surface area contributed by atoms with E-state index in [1.54, 1.807) is 18.2 Å². The minimum Gasteiger partial charge on any atom is -0.399 e. The van der Waals surface area contributed by atoms with Gasteiger partial charge in [-0.1, -0.05) is 25.8 Å². The van der Waals surface area contributed by atoms with Crippen LogP contribution >= 0.6 is 0 Å². The SMILES string of the molecule is C=CC(=C)C=C(N)C=C. The van der Waals surface area contributed by atoms with Crippen LogP contribution < -0.4 is 5.73 Å². The number of allylic oxidation sites excluding steroid dienone is 4. The summed E-state index contributed by atoms with van der Waals surface area (Å²) >= 11 is 0. The molecule has 0 aliphatic rings. The summed E-state index contributed by atoms with van der Waals surface area (Å²) in [5.41, 5.74) is 6.79. The lowest BCUT2D eigenvalue weighted by Gasteiger charge is -1.89. The Balaban J connectivity index is 4.10. The molecule has 9 heavy (non-hydrogen) atoms. The van der Waals surface area contributed by atoms with Crippen LogP contribution in [0.3, 0.4) is 0 Å². The first-order valence-electron chi connectivity index (χ1n) is 2.61. The molecule has 0 spiro atoms. The first-order chi connectivity index (χ1) is 4.20. The molecule has 0 aliphatic heterocycles. The fourth-order valence-corrected chi connectivity index (χ4v) is 0.332. The van der Waals surface area contributed by atoms with E-state index in [1.807, 2.05) is 0 Å². The second kappa shape index (κ2) is 3.72. The summed E-state index contributed by atoms with van der Waals surface area (Å²) in [5.74, 6) is 0. The van der Waals surface area contributed by atoms with Gasteiger partial charge in [-0.25, -0.2) is 0 Å². The molecule has 48 valence electrons. The first kappa shape index (κ1) is 7.76. The Kier molecular flexibility index (Phi) is 3.21. The quantitative estimate of drug-likeness (QED) is 0.566. The molecule has 0 aromatic heterocycles. The molecule has 0 bridgehead atoms. The molecule has 0 amide bonds. The summed E-state index contributed by atoms with van der Waals surface area (Å²) in [4.78, 5) is 0. The zero-order valence-corrected chi connectivity index (χ0v) is 5.43. The number of nitrogens with two attached hydrogens (primary N) is 1. The minimum atomic E-state index is 0.611. The lowest BCUT2D eigenvalue weighted by Crippen LogP contribution is -1.91. The molecular weight excluding hydrogens is 110 g/mol. The van der Waals surface area contributed by atoms with Crippen LogP contribution in [0.15, 0.2) is 49.2 Å². The zero-order chi connectivity index (χ0) is 7.28. The van der Waals surface area contributed by atoms with Crippen molar-refractivity contribution in [2.75, 3.05) is 0 Å². The number of hydrogen-bond acceptors (Lipinski definition) is 1. The van der Waals surface area contributed by atoms with Crippen LogP contribution in [0, 0.1) is 0 Å². The molecule has 1 nitrogen and oxygen atoms in total. The van der Waals surface area contributed by atoms with Gasteiger partial charge in [-0.05, 0) is 17.7 Å². The lowest BCUT2D eigenvalue weighted by molar-refractivity contribution is 1.42. The average Bonchev–Trinajstić information content (AvgIpc) is 1.87. The second-order valence-electron chi connectivity index (χ2n) is 1.63. The van der Waals surface area contributed by atoms with Crippen LogP contribution in [0.5, 0.6) is 0 Å². The maximum atomic E-state index is 5.38. The van der Waals surface area contributed by atoms with E-state index in [-0.39, 0.29) is 0 Å². The third kappa shape index (κ3) is 3.35. The van der Waals surface area contributed by atoms with Gasteiger partial charge in [-0.3, -0.25) is 0 Å². The van der Waals surface area contributed by atoms with Crippen molar-refractivity contribution >= 4 is 0 Å². The molecule has 0 atom stereocenters. The molecule has 2 N–H and O–H groups in total. The fraction of sp³-hybridized carbons (Fsp3) is 0. The standard InChI is InChI=1S/C8H11N/c1-4-7(3)6-8(9)5-2/h4-6H,1-3,9H2. The molecule has 0 saturated heterocycles. The maximum Gasteiger partial charge on any atom is 0.0313 e. The zero-order valence-electron chi connectivity index (χ0n) is 5.43. The van der Waals surface area contributed by atoms with E-state index in [2.05, 4.69) is 19.7 Å². The normalized spacial score (nSPS) is 10.4. The van der Waals surface area contributed by atoms with E-state index in [0.29, 0.717) is 5.70 Å². The average molecular weight is 121 g/mol. The smallest absolute Gasteiger partial charge is 0.0313 e. The molecule has 1 heteroatoms. The summed E-state index contributed by atoms with van der Waals surface area (Å²) in [6.45, 7) is 10.6. The van der Waals surface area contributed by atoms with Gasteiger partial charge in [0.25, 0.3) is 0 Å². The highest BCUT2D eigenvalue weighted by atomic mass is 14.5. The summed E-state index contributed by atoms with van der Waals surface area (Å²) in [6, 6.07) is 0. The van der Waals surface area contributed by atoms with E-state index in [9.17, 15) is 0 Å². The van der Waals surface area contributed by atoms with E-state index in [4.69, 9.17) is 5.73 Å². The highest BCUT2D eigenvalue weighted by Gasteiger charge is 1.80. The Bertz CT molecular complexity index is 163. The van der Waals surface area contributed by atoms with Gasteiger partial charge in [0.2, 0.25) is 0 Å². The largest absolute Gasteiger partial charge is 0.399 e. The van der Waals surface area contributed by atoms with Gasteiger partial charge in [0.15, 0.2) is 0 Å². The third-order valence-corrected chi connectivity index (χ3v) is 0.850. The van der Waals surface area contributed by atoms with Crippen molar-refractivity contribution in [3.05, 3.63) is 49.2 Å². The fourth-order valence-electron chi connectivity index (χ4n) is 0.332. The summed E-state index contributed by atoms with van der Waals surface area (Å²) in [5, 5.41) is 0. The Morgan fingerprint density at radius 2 is 1.78 bits per heavy atom. The predicted octanol–water partition coefficient (Wildman–Crippen LogP) is 1.76. The van der Waals surface area contributed by atoms with Crippen molar-refractivity contribution < 1.29 is 0 Å². The van der Waals surface area contributed by atoms with Crippen molar-refractivity contribution in [2.24, 2.45) is 5.73 Å². The molecular formula is C8H11N. The molecule has 0 heterocycles. The van der Waals surface area contributed by atoms with E-state index in [1.165, 1.54) is 0 Å². The van der Waals surface area contributed by atoms with Gasteiger partial charge in [-0.2, -0.15) is 0 Å². The van der Waals surface area contributed by atoms with E-state index >= 15 is 0 Å². The minimum absolute atomic E-state index is 0.611. The van der Waals surface area contributed by atoms with Crippen molar-refractivity contribution in [3.8, 4) is 0 Å². The molecule has 0 unspecified atom stereocenters. The first-order valence-corrected chi connectivity index (χ1v) is 2.61. The van der Waals surface area contributed by atoms with Crippen molar-refractivity contribution in [2.45, 2.75) is 0 Å². The monoisotopic (exact) mass is 121 g/mol. The molecule has 0 fully saturated rings. The second-order valence-corrected chi connectivity index (χ2v) is 1.63. The highest BCUT2D eigenvalue weighted by Crippen LogP contribution is 1.95. The van der Waals surface area contributed by atoms with Crippen LogP contribution in [0.4, 0.5) is 0 Å². The summed E-state index contributed by atoms with van der Waals surface area (Å²) < 4.78 is 0.